The van der Waals surface area contributed by atoms with Crippen LogP contribution in [0.2, 0.25) is 0 Å². The Bertz CT molecular complexity index is 284. The highest BCUT2D eigenvalue weighted by Gasteiger charge is 2.13. The number of amides is 2. The zero-order valence-electron chi connectivity index (χ0n) is 11.4. The summed E-state index contributed by atoms with van der Waals surface area (Å²) in [5.74, 6) is 0.487. The molecule has 2 amide bonds. The summed E-state index contributed by atoms with van der Waals surface area (Å²) >= 11 is 0. The second-order valence-corrected chi connectivity index (χ2v) is 4.87. The number of hydrogen-bond donors (Lipinski definition) is 3. The number of aliphatic imine (C=N–C) groups is 1. The first kappa shape index (κ1) is 14.6. The summed E-state index contributed by atoms with van der Waals surface area (Å²) < 4.78 is 0. The van der Waals surface area contributed by atoms with Crippen molar-refractivity contribution in [3.63, 3.8) is 0 Å². The summed E-state index contributed by atoms with van der Waals surface area (Å²) in [7, 11) is 3.41. The molecule has 104 valence electrons. The van der Waals surface area contributed by atoms with Crippen LogP contribution in [0, 0.1) is 0 Å². The van der Waals surface area contributed by atoms with Crippen LogP contribution < -0.4 is 16.4 Å². The van der Waals surface area contributed by atoms with Gasteiger partial charge in [0.1, 0.15) is 0 Å². The molecule has 6 heteroatoms. The van der Waals surface area contributed by atoms with Crippen LogP contribution in [0.5, 0.6) is 0 Å². The lowest BCUT2D eigenvalue weighted by Crippen LogP contribution is -2.41. The molecule has 0 spiro atoms. The van der Waals surface area contributed by atoms with Crippen LogP contribution in [0.4, 0.5) is 4.79 Å². The van der Waals surface area contributed by atoms with Crippen molar-refractivity contribution in [3.05, 3.63) is 0 Å². The molecule has 0 aromatic heterocycles. The minimum atomic E-state index is -0.107. The Kier molecular flexibility index (Phi) is 6.32. The van der Waals surface area contributed by atoms with Crippen LogP contribution in [-0.4, -0.2) is 50.1 Å². The molecular weight excluding hydrogens is 230 g/mol. The first-order valence-electron chi connectivity index (χ1n) is 6.61. The molecule has 0 heterocycles. The van der Waals surface area contributed by atoms with E-state index in [0.717, 1.165) is 0 Å². The average molecular weight is 255 g/mol. The number of nitrogens with zero attached hydrogens (tertiary/aromatic N) is 2. The normalized spacial score (nSPS) is 17.3. The van der Waals surface area contributed by atoms with E-state index in [1.807, 2.05) is 0 Å². The summed E-state index contributed by atoms with van der Waals surface area (Å²) in [4.78, 5) is 16.9. The zero-order chi connectivity index (χ0) is 13.4. The number of nitrogens with one attached hydrogen (secondary N) is 2. The van der Waals surface area contributed by atoms with Crippen LogP contribution in [0.25, 0.3) is 0 Å². The van der Waals surface area contributed by atoms with Gasteiger partial charge in [-0.25, -0.2) is 4.79 Å². The minimum absolute atomic E-state index is 0.107. The molecule has 0 aromatic carbocycles. The molecule has 1 rings (SSSR count). The Morgan fingerprint density at radius 2 is 2.00 bits per heavy atom. The zero-order valence-corrected chi connectivity index (χ0v) is 11.4. The Morgan fingerprint density at radius 1 is 1.33 bits per heavy atom. The molecule has 0 aromatic rings. The molecular formula is C12H25N5O. The molecule has 0 aliphatic heterocycles. The molecule has 4 N–H and O–H groups in total. The van der Waals surface area contributed by atoms with Gasteiger partial charge in [0.15, 0.2) is 5.96 Å². The maximum atomic E-state index is 11.2. The largest absolute Gasteiger partial charge is 0.370 e. The monoisotopic (exact) mass is 255 g/mol. The number of nitrogens with two attached hydrogens (primary N) is 1. The Balaban J connectivity index is 2.15. The first-order chi connectivity index (χ1) is 8.59. The van der Waals surface area contributed by atoms with Crippen molar-refractivity contribution in [2.24, 2.45) is 10.7 Å². The summed E-state index contributed by atoms with van der Waals surface area (Å²) in [6, 6.07) is 0.364. The second-order valence-electron chi connectivity index (χ2n) is 4.87. The molecule has 1 saturated carbocycles. The number of rotatable bonds is 4. The topological polar surface area (TPSA) is 82.8 Å². The average Bonchev–Trinajstić information content (AvgIpc) is 2.35. The molecule has 0 unspecified atom stereocenters. The van der Waals surface area contributed by atoms with Gasteiger partial charge in [-0.05, 0) is 12.8 Å². The predicted molar refractivity (Wildman–Crippen MR) is 73.6 cm³/mol. The number of carbonyl (C=O) groups is 1. The van der Waals surface area contributed by atoms with Crippen LogP contribution in [0.3, 0.4) is 0 Å². The minimum Gasteiger partial charge on any atom is -0.370 e. The fourth-order valence-corrected chi connectivity index (χ4v) is 2.00. The predicted octanol–water partition coefficient (Wildman–Crippen LogP) is 0.495. The SMILES string of the molecule is CN(C)C(=O)NCCN=C(N)NC1CCCCC1. The molecule has 0 saturated heterocycles. The Morgan fingerprint density at radius 3 is 2.61 bits per heavy atom. The van der Waals surface area contributed by atoms with E-state index >= 15 is 0 Å². The third-order valence-corrected chi connectivity index (χ3v) is 3.03. The van der Waals surface area contributed by atoms with Crippen LogP contribution in [0.15, 0.2) is 4.99 Å². The van der Waals surface area contributed by atoms with Crippen molar-refractivity contribution in [3.8, 4) is 0 Å². The lowest BCUT2D eigenvalue weighted by molar-refractivity contribution is 0.218. The lowest BCUT2D eigenvalue weighted by Gasteiger charge is -2.23. The summed E-state index contributed by atoms with van der Waals surface area (Å²) in [6.07, 6.45) is 6.21. The summed E-state index contributed by atoms with van der Waals surface area (Å²) in [5, 5.41) is 5.97. The molecule has 1 aliphatic carbocycles. The van der Waals surface area contributed by atoms with Gasteiger partial charge >= 0.3 is 6.03 Å². The second kappa shape index (κ2) is 7.79. The van der Waals surface area contributed by atoms with Gasteiger partial charge in [0, 0.05) is 26.7 Å². The smallest absolute Gasteiger partial charge is 0.316 e. The highest BCUT2D eigenvalue weighted by molar-refractivity contribution is 5.78. The molecule has 18 heavy (non-hydrogen) atoms. The fourth-order valence-electron chi connectivity index (χ4n) is 2.00. The number of urea groups is 1. The third-order valence-electron chi connectivity index (χ3n) is 3.03. The van der Waals surface area contributed by atoms with Crippen LogP contribution in [0.1, 0.15) is 32.1 Å². The molecule has 0 bridgehead atoms. The van der Waals surface area contributed by atoms with Crippen molar-refractivity contribution in [1.82, 2.24) is 15.5 Å². The van der Waals surface area contributed by atoms with Gasteiger partial charge in [0.05, 0.1) is 6.54 Å². The van der Waals surface area contributed by atoms with Crippen molar-refractivity contribution in [1.29, 1.82) is 0 Å². The Hall–Kier alpha value is -1.46. The third kappa shape index (κ3) is 5.75. The van der Waals surface area contributed by atoms with Gasteiger partial charge in [-0.2, -0.15) is 0 Å². The van der Waals surface area contributed by atoms with E-state index < -0.39 is 0 Å². The van der Waals surface area contributed by atoms with E-state index in [-0.39, 0.29) is 6.03 Å². The van der Waals surface area contributed by atoms with E-state index in [2.05, 4.69) is 15.6 Å². The molecule has 6 nitrogen and oxygen atoms in total. The van der Waals surface area contributed by atoms with E-state index in [1.54, 1.807) is 14.1 Å². The van der Waals surface area contributed by atoms with Crippen molar-refractivity contribution in [2.75, 3.05) is 27.2 Å². The highest BCUT2D eigenvalue weighted by Crippen LogP contribution is 2.16. The number of hydrogen-bond acceptors (Lipinski definition) is 2. The van der Waals surface area contributed by atoms with Crippen molar-refractivity contribution >= 4 is 12.0 Å². The lowest BCUT2D eigenvalue weighted by atomic mass is 9.96. The molecule has 1 aliphatic rings. The maximum Gasteiger partial charge on any atom is 0.316 e. The highest BCUT2D eigenvalue weighted by atomic mass is 16.2. The maximum absolute atomic E-state index is 11.2. The van der Waals surface area contributed by atoms with Gasteiger partial charge in [-0.1, -0.05) is 19.3 Å². The van der Waals surface area contributed by atoms with Crippen molar-refractivity contribution < 1.29 is 4.79 Å². The van der Waals surface area contributed by atoms with E-state index in [0.29, 0.717) is 25.1 Å². The van der Waals surface area contributed by atoms with Crippen molar-refractivity contribution in [2.45, 2.75) is 38.1 Å². The first-order valence-corrected chi connectivity index (χ1v) is 6.61. The van der Waals surface area contributed by atoms with E-state index in [9.17, 15) is 4.79 Å². The Labute approximate surface area is 109 Å². The van der Waals surface area contributed by atoms with Gasteiger partial charge in [0.2, 0.25) is 0 Å². The van der Waals surface area contributed by atoms with Gasteiger partial charge < -0.3 is 21.3 Å². The molecule has 0 radical (unpaired) electrons. The fraction of sp³-hybridized carbons (Fsp3) is 0.833. The molecule has 1 fully saturated rings. The van der Waals surface area contributed by atoms with Crippen LogP contribution >= 0.6 is 0 Å². The van der Waals surface area contributed by atoms with Crippen LogP contribution in [-0.2, 0) is 0 Å². The number of guanidine groups is 1. The summed E-state index contributed by atoms with van der Waals surface area (Å²) in [5.41, 5.74) is 5.80. The van der Waals surface area contributed by atoms with Gasteiger partial charge in [-0.15, -0.1) is 0 Å². The standard InChI is InChI=1S/C12H25N5O/c1-17(2)12(18)15-9-8-14-11(13)16-10-6-4-3-5-7-10/h10H,3-9H2,1-2H3,(H,15,18)(H3,13,14,16). The van der Waals surface area contributed by atoms with E-state index in [4.69, 9.17) is 5.73 Å². The molecule has 0 atom stereocenters. The summed E-state index contributed by atoms with van der Waals surface area (Å²) in [6.45, 7) is 1.01. The quantitative estimate of drug-likeness (QED) is 0.388. The van der Waals surface area contributed by atoms with Gasteiger partial charge in [0.25, 0.3) is 0 Å². The van der Waals surface area contributed by atoms with E-state index in [1.165, 1.54) is 37.0 Å². The number of carbonyl (C=O) groups excluding carboxylic acids is 1. The van der Waals surface area contributed by atoms with Gasteiger partial charge in [-0.3, -0.25) is 4.99 Å².